The molecule has 1 saturated heterocycles. The van der Waals surface area contributed by atoms with Gasteiger partial charge in [0.15, 0.2) is 0 Å². The van der Waals surface area contributed by atoms with E-state index in [1.807, 2.05) is 6.07 Å². The summed E-state index contributed by atoms with van der Waals surface area (Å²) in [7, 11) is 1.74. The van der Waals surface area contributed by atoms with Crippen LogP contribution < -0.4 is 4.74 Å². The number of halogens is 1. The van der Waals surface area contributed by atoms with Gasteiger partial charge in [0.1, 0.15) is 5.75 Å². The number of ether oxygens (including phenoxy) is 1. The molecule has 0 amide bonds. The van der Waals surface area contributed by atoms with Crippen LogP contribution >= 0.6 is 15.9 Å². The first-order valence-corrected chi connectivity index (χ1v) is 12.3. The second kappa shape index (κ2) is 11.7. The minimum atomic E-state index is 0.288. The molecule has 29 heavy (non-hydrogen) atoms. The zero-order valence-corrected chi connectivity index (χ0v) is 19.9. The molecule has 0 bridgehead atoms. The Morgan fingerprint density at radius 2 is 1.97 bits per heavy atom. The van der Waals surface area contributed by atoms with Gasteiger partial charge in [0.25, 0.3) is 0 Å². The van der Waals surface area contributed by atoms with Crippen molar-refractivity contribution in [1.82, 2.24) is 9.80 Å². The van der Waals surface area contributed by atoms with Crippen LogP contribution in [0.5, 0.6) is 5.75 Å². The van der Waals surface area contributed by atoms with Crippen LogP contribution in [0, 0.1) is 11.8 Å². The molecule has 1 aromatic carbocycles. The Labute approximate surface area is 185 Å². The van der Waals surface area contributed by atoms with Crippen LogP contribution in [0.1, 0.15) is 51.0 Å². The number of nitrogens with zero attached hydrogens (tertiary/aromatic N) is 2. The van der Waals surface area contributed by atoms with E-state index in [1.165, 1.54) is 68.2 Å². The maximum atomic E-state index is 9.26. The van der Waals surface area contributed by atoms with E-state index in [0.717, 1.165) is 37.1 Å². The van der Waals surface area contributed by atoms with E-state index in [1.54, 1.807) is 7.11 Å². The average Bonchev–Trinajstić information content (AvgIpc) is 3.20. The molecule has 0 radical (unpaired) electrons. The summed E-state index contributed by atoms with van der Waals surface area (Å²) in [5.41, 5.74) is 1.37. The fraction of sp³-hybridized carbons (Fsp3) is 0.750. The number of rotatable bonds is 10. The van der Waals surface area contributed by atoms with Crippen molar-refractivity contribution in [3.8, 4) is 5.75 Å². The van der Waals surface area contributed by atoms with Crippen LogP contribution in [-0.4, -0.2) is 67.4 Å². The Morgan fingerprint density at radius 1 is 1.17 bits per heavy atom. The van der Waals surface area contributed by atoms with Gasteiger partial charge in [-0.1, -0.05) is 22.9 Å². The van der Waals surface area contributed by atoms with Gasteiger partial charge < -0.3 is 14.7 Å². The van der Waals surface area contributed by atoms with E-state index in [2.05, 4.69) is 44.8 Å². The number of aliphatic hydroxyl groups is 1. The maximum absolute atomic E-state index is 9.26. The molecule has 1 atom stereocenters. The summed E-state index contributed by atoms with van der Waals surface area (Å²) in [4.78, 5) is 5.16. The molecule has 1 N–H and O–H groups in total. The highest BCUT2D eigenvalue weighted by Gasteiger charge is 2.27. The first-order valence-electron chi connectivity index (χ1n) is 11.5. The monoisotopic (exact) mass is 466 g/mol. The molecule has 2 fully saturated rings. The van der Waals surface area contributed by atoms with Crippen molar-refractivity contribution in [3.05, 3.63) is 28.2 Å². The normalized spacial score (nSPS) is 25.6. The number of aliphatic hydroxyl groups excluding tert-OH is 1. The highest BCUT2D eigenvalue weighted by atomic mass is 79.9. The van der Waals surface area contributed by atoms with E-state index in [9.17, 15) is 5.11 Å². The lowest BCUT2D eigenvalue weighted by Gasteiger charge is -2.36. The van der Waals surface area contributed by atoms with Gasteiger partial charge in [-0.05, 0) is 100 Å². The third-order valence-electron chi connectivity index (χ3n) is 7.11. The zero-order valence-electron chi connectivity index (χ0n) is 18.3. The third kappa shape index (κ3) is 6.68. The van der Waals surface area contributed by atoms with Crippen LogP contribution in [0.15, 0.2) is 22.7 Å². The van der Waals surface area contributed by atoms with Gasteiger partial charge in [-0.3, -0.25) is 4.90 Å². The minimum absolute atomic E-state index is 0.288. The van der Waals surface area contributed by atoms with Gasteiger partial charge in [-0.2, -0.15) is 0 Å². The predicted molar refractivity (Wildman–Crippen MR) is 124 cm³/mol. The molecule has 0 aromatic heterocycles. The fourth-order valence-corrected chi connectivity index (χ4v) is 5.73. The summed E-state index contributed by atoms with van der Waals surface area (Å²) in [6, 6.07) is 7.01. The molecule has 1 unspecified atom stereocenters. The fourth-order valence-electron chi connectivity index (χ4n) is 5.32. The number of methoxy groups -OCH3 is 1. The summed E-state index contributed by atoms with van der Waals surface area (Å²) in [6.07, 6.45) is 9.14. The zero-order chi connectivity index (χ0) is 20.6. The summed E-state index contributed by atoms with van der Waals surface area (Å²) in [5.74, 6) is 2.60. The molecule has 1 saturated carbocycles. The minimum Gasteiger partial charge on any atom is -0.497 e. The Bertz CT molecular complexity index is 619. The van der Waals surface area contributed by atoms with Crippen LogP contribution in [0.25, 0.3) is 0 Å². The Balaban J connectivity index is 1.38. The first-order chi connectivity index (χ1) is 14.1. The van der Waals surface area contributed by atoms with Crippen molar-refractivity contribution in [3.63, 3.8) is 0 Å². The Hall–Kier alpha value is -0.620. The molecule has 164 valence electrons. The number of benzene rings is 1. The lowest BCUT2D eigenvalue weighted by Crippen LogP contribution is -2.40. The smallest absolute Gasteiger partial charge is 0.119 e. The molecule has 0 spiro atoms. The second-order valence-corrected chi connectivity index (χ2v) is 9.79. The number of likely N-dealkylation sites (N-methyl/N-ethyl adjacent to an activating group) is 1. The Morgan fingerprint density at radius 3 is 2.66 bits per heavy atom. The quantitative estimate of drug-likeness (QED) is 0.546. The highest BCUT2D eigenvalue weighted by Crippen LogP contribution is 2.31. The number of likely N-dealkylation sites (tertiary alicyclic amines) is 1. The lowest BCUT2D eigenvalue weighted by atomic mass is 9.83. The molecule has 3 rings (SSSR count). The van der Waals surface area contributed by atoms with Crippen LogP contribution in [0.3, 0.4) is 0 Å². The van der Waals surface area contributed by atoms with Crippen LogP contribution in [0.4, 0.5) is 0 Å². The highest BCUT2D eigenvalue weighted by molar-refractivity contribution is 9.10. The third-order valence-corrected chi connectivity index (χ3v) is 7.88. The van der Waals surface area contributed by atoms with Gasteiger partial charge in [-0.15, -0.1) is 0 Å². The van der Waals surface area contributed by atoms with Crippen molar-refractivity contribution < 1.29 is 9.84 Å². The van der Waals surface area contributed by atoms with E-state index in [0.29, 0.717) is 6.04 Å². The summed E-state index contributed by atoms with van der Waals surface area (Å²) in [5, 5.41) is 9.26. The predicted octanol–water partition coefficient (Wildman–Crippen LogP) is 4.59. The summed E-state index contributed by atoms with van der Waals surface area (Å²) < 4.78 is 6.60. The standard InChI is InChI=1S/C24H39BrN2O2/c1-3-27(14-15-28)22-6-4-19(5-7-22)10-12-26-13-11-20(18-26)16-21-17-23(29-2)8-9-24(21)25/h8-9,17,19-20,22,28H,3-7,10-16,18H2,1-2H3/t19-,20?,22-. The van der Waals surface area contributed by atoms with Crippen molar-refractivity contribution >= 4 is 15.9 Å². The molecule has 1 aliphatic heterocycles. The first kappa shape index (κ1) is 23.1. The van der Waals surface area contributed by atoms with Gasteiger partial charge in [0, 0.05) is 23.6 Å². The SMILES string of the molecule is CCN(CCO)[C@H]1CC[C@H](CCN2CCC(Cc3cc(OC)ccc3Br)C2)CC1. The summed E-state index contributed by atoms with van der Waals surface area (Å²) in [6.45, 7) is 8.16. The van der Waals surface area contributed by atoms with E-state index < -0.39 is 0 Å². The molecule has 1 aliphatic carbocycles. The molecule has 2 aliphatic rings. The van der Waals surface area contributed by atoms with Crippen LogP contribution in [-0.2, 0) is 6.42 Å². The Kier molecular flexibility index (Phi) is 9.29. The largest absolute Gasteiger partial charge is 0.497 e. The van der Waals surface area contributed by atoms with E-state index in [4.69, 9.17) is 4.74 Å². The topological polar surface area (TPSA) is 35.9 Å². The molecule has 4 nitrogen and oxygen atoms in total. The van der Waals surface area contributed by atoms with Crippen molar-refractivity contribution in [1.29, 1.82) is 0 Å². The van der Waals surface area contributed by atoms with Crippen molar-refractivity contribution in [2.75, 3.05) is 46.4 Å². The van der Waals surface area contributed by atoms with E-state index >= 15 is 0 Å². The lowest BCUT2D eigenvalue weighted by molar-refractivity contribution is 0.112. The van der Waals surface area contributed by atoms with Crippen molar-refractivity contribution in [2.45, 2.75) is 57.9 Å². The second-order valence-electron chi connectivity index (χ2n) is 8.93. The molecule has 1 heterocycles. The molecule has 1 aromatic rings. The molecular formula is C24H39BrN2O2. The number of hydrogen-bond donors (Lipinski definition) is 1. The average molecular weight is 467 g/mol. The van der Waals surface area contributed by atoms with Gasteiger partial charge in [0.05, 0.1) is 13.7 Å². The van der Waals surface area contributed by atoms with Gasteiger partial charge >= 0.3 is 0 Å². The summed E-state index contributed by atoms with van der Waals surface area (Å²) >= 11 is 3.71. The van der Waals surface area contributed by atoms with E-state index in [-0.39, 0.29) is 6.61 Å². The van der Waals surface area contributed by atoms with Gasteiger partial charge in [-0.25, -0.2) is 0 Å². The maximum Gasteiger partial charge on any atom is 0.119 e. The number of hydrogen-bond acceptors (Lipinski definition) is 4. The molecule has 5 heteroatoms. The van der Waals surface area contributed by atoms with Crippen molar-refractivity contribution in [2.24, 2.45) is 11.8 Å². The molecular weight excluding hydrogens is 428 g/mol. The van der Waals surface area contributed by atoms with Crippen LogP contribution in [0.2, 0.25) is 0 Å². The van der Waals surface area contributed by atoms with Gasteiger partial charge in [0.2, 0.25) is 0 Å².